The van der Waals surface area contributed by atoms with Crippen LogP contribution in [0.1, 0.15) is 43.4 Å². The molecule has 1 fully saturated rings. The zero-order valence-corrected chi connectivity index (χ0v) is 11.0. The van der Waals surface area contributed by atoms with Crippen molar-refractivity contribution < 1.29 is 8.78 Å². The molecule has 1 N–H and O–H groups in total. The molecule has 0 heterocycles. The zero-order chi connectivity index (χ0) is 13.2. The summed E-state index contributed by atoms with van der Waals surface area (Å²) in [5.74, 6) is -2.31. The van der Waals surface area contributed by atoms with Crippen molar-refractivity contribution in [1.29, 1.82) is 0 Å². The van der Waals surface area contributed by atoms with E-state index in [1.807, 2.05) is 0 Å². The van der Waals surface area contributed by atoms with Gasteiger partial charge in [-0.15, -0.1) is 0 Å². The van der Waals surface area contributed by atoms with E-state index < -0.39 is 5.92 Å². The van der Waals surface area contributed by atoms with Crippen molar-refractivity contribution in [2.45, 2.75) is 45.1 Å². The first-order valence-electron chi connectivity index (χ1n) is 6.64. The summed E-state index contributed by atoms with van der Waals surface area (Å²) in [7, 11) is 0. The number of benzene rings is 1. The Kier molecular flexibility index (Phi) is 4.00. The molecule has 2 rings (SSSR count). The third-order valence-corrected chi connectivity index (χ3v) is 3.80. The second-order valence-electron chi connectivity index (χ2n) is 5.51. The van der Waals surface area contributed by atoms with Crippen LogP contribution in [0.4, 0.5) is 8.78 Å². The Bertz CT molecular complexity index is 386. The summed E-state index contributed by atoms with van der Waals surface area (Å²) in [6, 6.07) is 8.57. The first kappa shape index (κ1) is 13.5. The van der Waals surface area contributed by atoms with Crippen molar-refractivity contribution in [3.05, 3.63) is 35.4 Å². The number of rotatable bonds is 4. The molecule has 0 aliphatic heterocycles. The lowest BCUT2D eigenvalue weighted by atomic mass is 10.0. The van der Waals surface area contributed by atoms with Gasteiger partial charge in [0.1, 0.15) is 0 Å². The number of aryl methyl sites for hydroxylation is 1. The largest absolute Gasteiger partial charge is 0.310 e. The molecule has 0 amide bonds. The van der Waals surface area contributed by atoms with Crippen molar-refractivity contribution in [2.24, 2.45) is 5.92 Å². The second kappa shape index (κ2) is 5.35. The SMILES string of the molecule is Cc1ccc([C@@H](C)NCC2CCC(F)(F)C2)cc1. The predicted octanol–water partition coefficient (Wildman–Crippen LogP) is 4.08. The maximum atomic E-state index is 13.1. The summed E-state index contributed by atoms with van der Waals surface area (Å²) in [5.41, 5.74) is 2.45. The molecule has 1 aromatic carbocycles. The Hall–Kier alpha value is -0.960. The van der Waals surface area contributed by atoms with E-state index >= 15 is 0 Å². The molecule has 1 aromatic rings. The number of nitrogens with one attached hydrogen (secondary N) is 1. The van der Waals surface area contributed by atoms with Gasteiger partial charge in [0, 0.05) is 18.9 Å². The summed E-state index contributed by atoms with van der Waals surface area (Å²) in [5, 5.41) is 3.36. The van der Waals surface area contributed by atoms with Gasteiger partial charge in [-0.3, -0.25) is 0 Å². The molecule has 1 aliphatic carbocycles. The Morgan fingerprint density at radius 1 is 1.33 bits per heavy atom. The Morgan fingerprint density at radius 2 is 2.00 bits per heavy atom. The van der Waals surface area contributed by atoms with Crippen LogP contribution in [0, 0.1) is 12.8 Å². The van der Waals surface area contributed by atoms with Gasteiger partial charge >= 0.3 is 0 Å². The zero-order valence-electron chi connectivity index (χ0n) is 11.0. The molecule has 1 saturated carbocycles. The first-order valence-corrected chi connectivity index (χ1v) is 6.64. The number of halogens is 2. The Balaban J connectivity index is 1.82. The van der Waals surface area contributed by atoms with Crippen LogP contribution in [0.5, 0.6) is 0 Å². The average Bonchev–Trinajstić information content (AvgIpc) is 2.67. The number of hydrogen-bond acceptors (Lipinski definition) is 1. The van der Waals surface area contributed by atoms with Crippen LogP contribution in [-0.4, -0.2) is 12.5 Å². The van der Waals surface area contributed by atoms with Gasteiger partial charge in [-0.1, -0.05) is 29.8 Å². The third-order valence-electron chi connectivity index (χ3n) is 3.80. The lowest BCUT2D eigenvalue weighted by Gasteiger charge is -2.18. The molecule has 2 atom stereocenters. The summed E-state index contributed by atoms with van der Waals surface area (Å²) in [6.45, 7) is 4.82. The minimum atomic E-state index is -2.43. The van der Waals surface area contributed by atoms with Crippen molar-refractivity contribution >= 4 is 0 Å². The number of alkyl halides is 2. The molecule has 0 bridgehead atoms. The van der Waals surface area contributed by atoms with Crippen LogP contribution in [0.25, 0.3) is 0 Å². The summed E-state index contributed by atoms with van der Waals surface area (Å²) < 4.78 is 26.1. The molecule has 1 nitrogen and oxygen atoms in total. The van der Waals surface area contributed by atoms with Crippen molar-refractivity contribution in [2.75, 3.05) is 6.54 Å². The van der Waals surface area contributed by atoms with Gasteiger partial charge < -0.3 is 5.32 Å². The normalized spacial score (nSPS) is 24.1. The van der Waals surface area contributed by atoms with E-state index in [2.05, 4.69) is 43.4 Å². The van der Waals surface area contributed by atoms with Crippen molar-refractivity contribution in [1.82, 2.24) is 5.32 Å². The molecule has 0 radical (unpaired) electrons. The fourth-order valence-electron chi connectivity index (χ4n) is 2.53. The van der Waals surface area contributed by atoms with E-state index in [4.69, 9.17) is 0 Å². The highest BCUT2D eigenvalue weighted by molar-refractivity contribution is 5.23. The van der Waals surface area contributed by atoms with E-state index in [1.54, 1.807) is 0 Å². The van der Waals surface area contributed by atoms with Gasteiger partial charge in [-0.2, -0.15) is 0 Å². The minimum Gasteiger partial charge on any atom is -0.310 e. The quantitative estimate of drug-likeness (QED) is 0.852. The molecule has 3 heteroatoms. The molecule has 18 heavy (non-hydrogen) atoms. The molecule has 0 saturated heterocycles. The molecule has 1 unspecified atom stereocenters. The van der Waals surface area contributed by atoms with Crippen molar-refractivity contribution in [3.63, 3.8) is 0 Å². The van der Waals surface area contributed by atoms with E-state index in [0.29, 0.717) is 13.0 Å². The van der Waals surface area contributed by atoms with E-state index in [9.17, 15) is 8.78 Å². The smallest absolute Gasteiger partial charge is 0.248 e. The highest BCUT2D eigenvalue weighted by atomic mass is 19.3. The summed E-state index contributed by atoms with van der Waals surface area (Å²) in [6.07, 6.45) is 0.736. The van der Waals surface area contributed by atoms with E-state index in [1.165, 1.54) is 11.1 Å². The first-order chi connectivity index (χ1) is 8.46. The molecule has 1 aliphatic rings. The predicted molar refractivity (Wildman–Crippen MR) is 69.9 cm³/mol. The van der Waals surface area contributed by atoms with E-state index in [0.717, 1.165) is 0 Å². The van der Waals surface area contributed by atoms with Crippen LogP contribution in [0.15, 0.2) is 24.3 Å². The minimum absolute atomic E-state index is 0.0423. The van der Waals surface area contributed by atoms with Crippen LogP contribution in [0.2, 0.25) is 0 Å². The summed E-state index contributed by atoms with van der Waals surface area (Å²) >= 11 is 0. The van der Waals surface area contributed by atoms with Crippen LogP contribution in [-0.2, 0) is 0 Å². The van der Waals surface area contributed by atoms with Gasteiger partial charge in [-0.25, -0.2) is 8.78 Å². The third kappa shape index (κ3) is 3.52. The highest BCUT2D eigenvalue weighted by Crippen LogP contribution is 2.38. The van der Waals surface area contributed by atoms with Gasteiger partial charge in [-0.05, 0) is 38.3 Å². The second-order valence-corrected chi connectivity index (χ2v) is 5.51. The average molecular weight is 253 g/mol. The fraction of sp³-hybridized carbons (Fsp3) is 0.600. The molecule has 0 aromatic heterocycles. The van der Waals surface area contributed by atoms with Crippen LogP contribution >= 0.6 is 0 Å². The van der Waals surface area contributed by atoms with Gasteiger partial charge in [0.2, 0.25) is 5.92 Å². The molecular weight excluding hydrogens is 232 g/mol. The molecular formula is C15H21F2N. The number of hydrogen-bond donors (Lipinski definition) is 1. The van der Waals surface area contributed by atoms with Gasteiger partial charge in [0.25, 0.3) is 0 Å². The Morgan fingerprint density at radius 3 is 2.56 bits per heavy atom. The lowest BCUT2D eigenvalue weighted by Crippen LogP contribution is -2.25. The topological polar surface area (TPSA) is 12.0 Å². The van der Waals surface area contributed by atoms with E-state index in [-0.39, 0.29) is 24.8 Å². The Labute approximate surface area is 108 Å². The van der Waals surface area contributed by atoms with Crippen LogP contribution in [0.3, 0.4) is 0 Å². The van der Waals surface area contributed by atoms with Gasteiger partial charge in [0.15, 0.2) is 0 Å². The fourth-order valence-corrected chi connectivity index (χ4v) is 2.53. The van der Waals surface area contributed by atoms with Gasteiger partial charge in [0.05, 0.1) is 0 Å². The molecule has 0 spiro atoms. The standard InChI is InChI=1S/C15H21F2N/c1-11-3-5-14(6-4-11)12(2)18-10-13-7-8-15(16,17)9-13/h3-6,12-13,18H,7-10H2,1-2H3/t12-,13?/m1/s1. The summed E-state index contributed by atoms with van der Waals surface area (Å²) in [4.78, 5) is 0. The lowest BCUT2D eigenvalue weighted by molar-refractivity contribution is 0.00500. The monoisotopic (exact) mass is 253 g/mol. The maximum Gasteiger partial charge on any atom is 0.248 e. The maximum absolute atomic E-state index is 13.1. The van der Waals surface area contributed by atoms with Crippen LogP contribution < -0.4 is 5.32 Å². The molecule has 100 valence electrons. The van der Waals surface area contributed by atoms with Crippen molar-refractivity contribution in [3.8, 4) is 0 Å². The highest BCUT2D eigenvalue weighted by Gasteiger charge is 2.39.